The van der Waals surface area contributed by atoms with E-state index in [1.807, 2.05) is 6.07 Å². The van der Waals surface area contributed by atoms with Crippen LogP contribution in [0.5, 0.6) is 0 Å². The van der Waals surface area contributed by atoms with Crippen molar-refractivity contribution in [2.75, 3.05) is 25.6 Å². The molecule has 0 unspecified atom stereocenters. The summed E-state index contributed by atoms with van der Waals surface area (Å²) in [4.78, 5) is 24.7. The highest BCUT2D eigenvalue weighted by Gasteiger charge is 2.40. The lowest BCUT2D eigenvalue weighted by Crippen LogP contribution is -2.28. The summed E-state index contributed by atoms with van der Waals surface area (Å²) in [5.74, 6) is 1.92. The molecule has 2 bridgehead atoms. The molecule has 3 atom stereocenters. The van der Waals surface area contributed by atoms with Crippen LogP contribution in [-0.2, 0) is 9.53 Å². The van der Waals surface area contributed by atoms with Crippen molar-refractivity contribution in [3.63, 3.8) is 0 Å². The second-order valence-corrected chi connectivity index (χ2v) is 6.98. The number of carbonyl (C=O) groups excluding carboxylic acids is 2. The number of para-hydroxylation sites is 1. The maximum Gasteiger partial charge on any atom is 0.253 e. The van der Waals surface area contributed by atoms with Crippen molar-refractivity contribution in [1.82, 2.24) is 5.32 Å². The second kappa shape index (κ2) is 7.79. The van der Waals surface area contributed by atoms with Gasteiger partial charge in [-0.1, -0.05) is 18.6 Å². The molecule has 5 heteroatoms. The van der Waals surface area contributed by atoms with Crippen LogP contribution in [0.2, 0.25) is 0 Å². The van der Waals surface area contributed by atoms with Crippen molar-refractivity contribution in [1.29, 1.82) is 0 Å². The summed E-state index contributed by atoms with van der Waals surface area (Å²) < 4.78 is 4.94. The minimum absolute atomic E-state index is 0.0182. The Balaban J connectivity index is 1.58. The first kappa shape index (κ1) is 17.0. The number of benzene rings is 1. The fourth-order valence-corrected chi connectivity index (χ4v) is 4.22. The lowest BCUT2D eigenvalue weighted by molar-refractivity contribution is -0.117. The first-order chi connectivity index (χ1) is 11.7. The molecule has 3 rings (SSSR count). The van der Waals surface area contributed by atoms with E-state index in [0.717, 1.165) is 11.8 Å². The average molecular weight is 330 g/mol. The minimum Gasteiger partial charge on any atom is -0.383 e. The summed E-state index contributed by atoms with van der Waals surface area (Å²) in [6, 6.07) is 7.15. The van der Waals surface area contributed by atoms with Crippen LogP contribution >= 0.6 is 0 Å². The van der Waals surface area contributed by atoms with E-state index in [1.165, 1.54) is 25.7 Å². The molecule has 0 aliphatic heterocycles. The molecule has 0 radical (unpaired) electrons. The van der Waals surface area contributed by atoms with Crippen molar-refractivity contribution >= 4 is 17.5 Å². The number of nitrogens with one attached hydrogen (secondary N) is 2. The molecule has 5 nitrogen and oxygen atoms in total. The van der Waals surface area contributed by atoms with Gasteiger partial charge >= 0.3 is 0 Å². The van der Waals surface area contributed by atoms with E-state index < -0.39 is 0 Å². The molecule has 24 heavy (non-hydrogen) atoms. The minimum atomic E-state index is -0.192. The molecular weight excluding hydrogens is 304 g/mol. The van der Waals surface area contributed by atoms with Gasteiger partial charge in [-0.3, -0.25) is 9.59 Å². The van der Waals surface area contributed by atoms with Gasteiger partial charge in [0.25, 0.3) is 5.91 Å². The molecule has 1 aromatic carbocycles. The van der Waals surface area contributed by atoms with E-state index >= 15 is 0 Å². The topological polar surface area (TPSA) is 67.4 Å². The van der Waals surface area contributed by atoms with Crippen molar-refractivity contribution in [2.45, 2.75) is 32.1 Å². The molecule has 2 N–H and O–H groups in total. The largest absolute Gasteiger partial charge is 0.383 e. The molecule has 0 aromatic heterocycles. The Morgan fingerprint density at radius 1 is 1.21 bits per heavy atom. The Labute approximate surface area is 143 Å². The lowest BCUT2D eigenvalue weighted by Gasteiger charge is -2.21. The smallest absolute Gasteiger partial charge is 0.253 e. The molecule has 0 heterocycles. The lowest BCUT2D eigenvalue weighted by atomic mass is 9.86. The van der Waals surface area contributed by atoms with E-state index in [0.29, 0.717) is 36.7 Å². The predicted octanol–water partition coefficient (Wildman–Crippen LogP) is 2.83. The number of hydrogen-bond acceptors (Lipinski definition) is 3. The van der Waals surface area contributed by atoms with Crippen molar-refractivity contribution < 1.29 is 14.3 Å². The SMILES string of the molecule is COCCNC(=O)c1ccccc1NC(=O)C[C@H]1C[C@H]2CC[C@H]1C2. The number of amides is 2. The van der Waals surface area contributed by atoms with Gasteiger partial charge in [0.2, 0.25) is 5.91 Å². The Kier molecular flexibility index (Phi) is 5.51. The zero-order chi connectivity index (χ0) is 16.9. The number of rotatable bonds is 7. The van der Waals surface area contributed by atoms with Gasteiger partial charge in [0, 0.05) is 20.1 Å². The van der Waals surface area contributed by atoms with Gasteiger partial charge in [0.1, 0.15) is 0 Å². The van der Waals surface area contributed by atoms with Crippen LogP contribution in [-0.4, -0.2) is 32.1 Å². The van der Waals surface area contributed by atoms with Gasteiger partial charge in [-0.05, 0) is 49.1 Å². The first-order valence-corrected chi connectivity index (χ1v) is 8.83. The second-order valence-electron chi connectivity index (χ2n) is 6.98. The maximum atomic E-state index is 12.4. The van der Waals surface area contributed by atoms with E-state index in [4.69, 9.17) is 4.74 Å². The third kappa shape index (κ3) is 3.96. The van der Waals surface area contributed by atoms with E-state index in [1.54, 1.807) is 25.3 Å². The zero-order valence-corrected chi connectivity index (χ0v) is 14.2. The fourth-order valence-electron chi connectivity index (χ4n) is 4.22. The van der Waals surface area contributed by atoms with Crippen molar-refractivity contribution in [2.24, 2.45) is 17.8 Å². The van der Waals surface area contributed by atoms with Gasteiger partial charge in [-0.15, -0.1) is 0 Å². The molecule has 0 saturated heterocycles. The first-order valence-electron chi connectivity index (χ1n) is 8.83. The number of ether oxygens (including phenoxy) is 1. The summed E-state index contributed by atoms with van der Waals surface area (Å²) in [5, 5.41) is 5.73. The molecule has 2 aliphatic rings. The van der Waals surface area contributed by atoms with Crippen LogP contribution in [0.3, 0.4) is 0 Å². The van der Waals surface area contributed by atoms with Gasteiger partial charge < -0.3 is 15.4 Å². The fraction of sp³-hybridized carbons (Fsp3) is 0.579. The van der Waals surface area contributed by atoms with Crippen LogP contribution in [0.1, 0.15) is 42.5 Å². The number of methoxy groups -OCH3 is 1. The van der Waals surface area contributed by atoms with Crippen molar-refractivity contribution in [3.05, 3.63) is 29.8 Å². The van der Waals surface area contributed by atoms with Gasteiger partial charge in [-0.2, -0.15) is 0 Å². The summed E-state index contributed by atoms with van der Waals surface area (Å²) in [6.45, 7) is 0.910. The van der Waals surface area contributed by atoms with E-state index in [2.05, 4.69) is 10.6 Å². The zero-order valence-electron chi connectivity index (χ0n) is 14.2. The summed E-state index contributed by atoms with van der Waals surface area (Å²) >= 11 is 0. The van der Waals surface area contributed by atoms with Crippen LogP contribution in [0.4, 0.5) is 5.69 Å². The quantitative estimate of drug-likeness (QED) is 0.756. The highest BCUT2D eigenvalue weighted by molar-refractivity contribution is 6.03. The highest BCUT2D eigenvalue weighted by atomic mass is 16.5. The summed E-state index contributed by atoms with van der Waals surface area (Å²) in [7, 11) is 1.59. The molecule has 2 amide bonds. The van der Waals surface area contributed by atoms with E-state index in [9.17, 15) is 9.59 Å². The Morgan fingerprint density at radius 3 is 2.75 bits per heavy atom. The van der Waals surface area contributed by atoms with Crippen LogP contribution in [0, 0.1) is 17.8 Å². The average Bonchev–Trinajstić information content (AvgIpc) is 3.18. The maximum absolute atomic E-state index is 12.4. The molecule has 130 valence electrons. The van der Waals surface area contributed by atoms with Gasteiger partial charge in [-0.25, -0.2) is 0 Å². The molecule has 2 saturated carbocycles. The molecular formula is C19H26N2O3. The molecule has 2 fully saturated rings. The van der Waals surface area contributed by atoms with Crippen molar-refractivity contribution in [3.8, 4) is 0 Å². The highest BCUT2D eigenvalue weighted by Crippen LogP contribution is 2.49. The Hall–Kier alpha value is -1.88. The molecule has 0 spiro atoms. The standard InChI is InChI=1S/C19H26N2O3/c1-24-9-8-20-19(23)16-4-2-3-5-17(16)21-18(22)12-15-11-13-6-7-14(15)10-13/h2-5,13-15H,6-12H2,1H3,(H,20,23)(H,21,22)/t13-,14-,15+/m0/s1. The third-order valence-corrected chi connectivity index (χ3v) is 5.37. The van der Waals surface area contributed by atoms with Crippen LogP contribution in [0.15, 0.2) is 24.3 Å². The van der Waals surface area contributed by atoms with Crippen LogP contribution in [0.25, 0.3) is 0 Å². The number of fused-ring (bicyclic) bond motifs is 2. The third-order valence-electron chi connectivity index (χ3n) is 5.37. The van der Waals surface area contributed by atoms with Gasteiger partial charge in [0.05, 0.1) is 17.9 Å². The number of carbonyl (C=O) groups is 2. The normalized spacial score (nSPS) is 24.8. The van der Waals surface area contributed by atoms with Crippen LogP contribution < -0.4 is 10.6 Å². The predicted molar refractivity (Wildman–Crippen MR) is 92.8 cm³/mol. The Bertz CT molecular complexity index is 602. The number of anilines is 1. The van der Waals surface area contributed by atoms with Gasteiger partial charge in [0.15, 0.2) is 0 Å². The summed E-state index contributed by atoms with van der Waals surface area (Å²) in [5.41, 5.74) is 1.08. The molecule has 2 aliphatic carbocycles. The molecule has 1 aromatic rings. The summed E-state index contributed by atoms with van der Waals surface area (Å²) in [6.07, 6.45) is 5.68. The van der Waals surface area contributed by atoms with E-state index in [-0.39, 0.29) is 11.8 Å². The number of hydrogen-bond donors (Lipinski definition) is 2. The Morgan fingerprint density at radius 2 is 2.04 bits per heavy atom. The monoisotopic (exact) mass is 330 g/mol.